The van der Waals surface area contributed by atoms with Crippen molar-refractivity contribution in [3.8, 4) is 16.3 Å². The van der Waals surface area contributed by atoms with E-state index in [9.17, 15) is 9.00 Å². The van der Waals surface area contributed by atoms with E-state index in [1.807, 2.05) is 17.5 Å². The van der Waals surface area contributed by atoms with Gasteiger partial charge in [0.25, 0.3) is 0 Å². The summed E-state index contributed by atoms with van der Waals surface area (Å²) in [5.74, 6) is 0.657. The fraction of sp³-hybridized carbons (Fsp3) is 0.250. The molecule has 0 spiro atoms. The molecule has 2 N–H and O–H groups in total. The number of rotatable bonds is 8. The van der Waals surface area contributed by atoms with Crippen LogP contribution in [0.25, 0.3) is 10.4 Å². The first-order chi connectivity index (χ1) is 14.9. The molecule has 1 atom stereocenters. The molecule has 11 heteroatoms. The van der Waals surface area contributed by atoms with E-state index in [0.717, 1.165) is 10.4 Å². The molecule has 0 saturated heterocycles. The zero-order valence-electron chi connectivity index (χ0n) is 17.0. The topological polar surface area (TPSA) is 123 Å². The van der Waals surface area contributed by atoms with Crippen molar-refractivity contribution in [2.75, 3.05) is 31.4 Å². The molecular weight excluding hydrogens is 440 g/mol. The number of amides is 1. The molecule has 1 aromatic carbocycles. The van der Waals surface area contributed by atoms with Crippen molar-refractivity contribution < 1.29 is 23.6 Å². The Bertz CT molecular complexity index is 1140. The second-order valence-electron chi connectivity index (χ2n) is 6.20. The molecule has 1 amide bonds. The Labute approximate surface area is 184 Å². The van der Waals surface area contributed by atoms with E-state index >= 15 is 0 Å². The van der Waals surface area contributed by atoms with Crippen molar-refractivity contribution in [1.82, 2.24) is 9.97 Å². The Morgan fingerprint density at radius 2 is 2.06 bits per heavy atom. The van der Waals surface area contributed by atoms with Crippen molar-refractivity contribution in [3.05, 3.63) is 48.0 Å². The lowest BCUT2D eigenvalue weighted by atomic mass is 10.2. The predicted molar refractivity (Wildman–Crippen MR) is 119 cm³/mol. The van der Waals surface area contributed by atoms with Crippen molar-refractivity contribution >= 4 is 38.8 Å². The number of carbonyl (C=O) groups is 1. The lowest BCUT2D eigenvalue weighted by Gasteiger charge is -2.11. The minimum Gasteiger partial charge on any atom is -0.475 e. The summed E-state index contributed by atoms with van der Waals surface area (Å²) in [5, 5.41) is 14.1. The number of aliphatic hydroxyl groups excluding tert-OH is 1. The summed E-state index contributed by atoms with van der Waals surface area (Å²) in [6.07, 6.45) is 2.18. The summed E-state index contributed by atoms with van der Waals surface area (Å²) >= 11 is 1.53. The number of ether oxygens (including phenoxy) is 2. The van der Waals surface area contributed by atoms with Crippen LogP contribution < -0.4 is 10.1 Å². The molecule has 2 aromatic heterocycles. The molecule has 0 bridgehead atoms. The van der Waals surface area contributed by atoms with Crippen molar-refractivity contribution in [2.45, 2.75) is 11.8 Å². The van der Waals surface area contributed by atoms with Gasteiger partial charge in [0.15, 0.2) is 0 Å². The van der Waals surface area contributed by atoms with E-state index in [2.05, 4.69) is 19.6 Å². The molecule has 31 heavy (non-hydrogen) atoms. The summed E-state index contributed by atoms with van der Waals surface area (Å²) in [6.45, 7) is 1.79. The van der Waals surface area contributed by atoms with E-state index in [4.69, 9.17) is 14.6 Å². The smallest absolute Gasteiger partial charge is 0.442 e. The maximum Gasteiger partial charge on any atom is 0.442 e. The molecule has 0 saturated carbocycles. The first kappa shape index (κ1) is 22.7. The Kier molecular flexibility index (Phi) is 7.55. The second kappa shape index (κ2) is 10.3. The van der Waals surface area contributed by atoms with Crippen LogP contribution in [0.2, 0.25) is 0 Å². The molecule has 164 valence electrons. The van der Waals surface area contributed by atoms with Crippen LogP contribution in [0.15, 0.2) is 57.2 Å². The van der Waals surface area contributed by atoms with Gasteiger partial charge >= 0.3 is 6.09 Å². The van der Waals surface area contributed by atoms with Gasteiger partial charge in [0, 0.05) is 27.9 Å². The van der Waals surface area contributed by atoms with Crippen LogP contribution in [0.5, 0.6) is 5.88 Å². The molecular formula is C20H22N4O5S2. The third kappa shape index (κ3) is 6.00. The third-order valence-electron chi connectivity index (χ3n) is 3.93. The van der Waals surface area contributed by atoms with Gasteiger partial charge in [-0.1, -0.05) is 6.07 Å². The van der Waals surface area contributed by atoms with Crippen LogP contribution in [-0.2, 0) is 14.5 Å². The van der Waals surface area contributed by atoms with Crippen molar-refractivity contribution in [3.63, 3.8) is 0 Å². The lowest BCUT2D eigenvalue weighted by Crippen LogP contribution is -2.07. The zero-order chi connectivity index (χ0) is 22.3. The number of benzene rings is 1. The Hall–Kier alpha value is -3.02. The SMILES string of the molecule is CCOC(=O)N=S(C)(=O)c1ccc(Nc2ncc(-c3cccs3)c(OCCO)n2)cc1. The summed E-state index contributed by atoms with van der Waals surface area (Å²) in [6, 6.07) is 10.4. The van der Waals surface area contributed by atoms with Crippen LogP contribution >= 0.6 is 11.3 Å². The van der Waals surface area contributed by atoms with Gasteiger partial charge in [-0.05, 0) is 42.6 Å². The summed E-state index contributed by atoms with van der Waals surface area (Å²) in [7, 11) is -2.92. The highest BCUT2D eigenvalue weighted by atomic mass is 32.2. The maximum absolute atomic E-state index is 12.7. The number of anilines is 2. The van der Waals surface area contributed by atoms with Crippen LogP contribution in [-0.4, -0.2) is 51.5 Å². The van der Waals surface area contributed by atoms with Crippen LogP contribution in [0.4, 0.5) is 16.4 Å². The Morgan fingerprint density at radius 3 is 2.71 bits per heavy atom. The molecule has 9 nitrogen and oxygen atoms in total. The molecule has 2 heterocycles. The number of nitrogens with one attached hydrogen (secondary N) is 1. The number of aliphatic hydroxyl groups is 1. The first-order valence-electron chi connectivity index (χ1n) is 9.33. The van der Waals surface area contributed by atoms with Gasteiger partial charge in [0.2, 0.25) is 11.8 Å². The summed E-state index contributed by atoms with van der Waals surface area (Å²) in [4.78, 5) is 21.6. The first-order valence-corrected chi connectivity index (χ1v) is 12.1. The molecule has 0 fully saturated rings. The highest BCUT2D eigenvalue weighted by molar-refractivity contribution is 7.93. The summed E-state index contributed by atoms with van der Waals surface area (Å²) in [5.41, 5.74) is 1.38. The van der Waals surface area contributed by atoms with Crippen molar-refractivity contribution in [2.24, 2.45) is 4.36 Å². The lowest BCUT2D eigenvalue weighted by molar-refractivity contribution is 0.164. The maximum atomic E-state index is 12.7. The Balaban J connectivity index is 1.81. The van der Waals surface area contributed by atoms with Crippen molar-refractivity contribution in [1.29, 1.82) is 0 Å². The third-order valence-corrected chi connectivity index (χ3v) is 6.48. The van der Waals surface area contributed by atoms with E-state index in [1.54, 1.807) is 37.4 Å². The highest BCUT2D eigenvalue weighted by Crippen LogP contribution is 2.32. The van der Waals surface area contributed by atoms with Gasteiger partial charge in [0.1, 0.15) is 6.61 Å². The molecule has 3 aromatic rings. The number of hydrogen-bond acceptors (Lipinski definition) is 9. The molecule has 3 rings (SSSR count). The fourth-order valence-corrected chi connectivity index (χ4v) is 4.36. The minimum absolute atomic E-state index is 0.109. The van der Waals surface area contributed by atoms with Gasteiger partial charge in [-0.3, -0.25) is 0 Å². The van der Waals surface area contributed by atoms with Crippen LogP contribution in [0.1, 0.15) is 6.92 Å². The molecule has 0 radical (unpaired) electrons. The van der Waals surface area contributed by atoms with Gasteiger partial charge in [0.05, 0.1) is 28.5 Å². The van der Waals surface area contributed by atoms with Crippen LogP contribution in [0.3, 0.4) is 0 Å². The number of carbonyl (C=O) groups excluding carboxylic acids is 1. The predicted octanol–water partition coefficient (Wildman–Crippen LogP) is 3.93. The number of nitrogens with zero attached hydrogens (tertiary/aromatic N) is 3. The molecule has 1 unspecified atom stereocenters. The number of hydrogen-bond donors (Lipinski definition) is 2. The minimum atomic E-state index is -2.92. The molecule has 0 aliphatic carbocycles. The van der Waals surface area contributed by atoms with Gasteiger partial charge in [-0.25, -0.2) is 14.0 Å². The Morgan fingerprint density at radius 1 is 1.29 bits per heavy atom. The number of aromatic nitrogens is 2. The highest BCUT2D eigenvalue weighted by Gasteiger charge is 2.13. The van der Waals surface area contributed by atoms with E-state index in [-0.39, 0.29) is 19.8 Å². The standard InChI is InChI=1S/C20H22N4O5S2/c1-3-28-20(26)24-31(2,27)15-8-6-14(7-9-15)22-19-21-13-16(17-5-4-12-30-17)18(23-19)29-11-10-25/h4-9,12-13,25H,3,10-11H2,1-2H3,(H,21,22,23). The number of thiophene rings is 1. The zero-order valence-corrected chi connectivity index (χ0v) is 18.6. The van der Waals surface area contributed by atoms with Gasteiger partial charge < -0.3 is 19.9 Å². The van der Waals surface area contributed by atoms with E-state index in [1.165, 1.54) is 17.6 Å². The van der Waals surface area contributed by atoms with E-state index < -0.39 is 15.8 Å². The monoisotopic (exact) mass is 462 g/mol. The molecule has 0 aliphatic heterocycles. The summed E-state index contributed by atoms with van der Waals surface area (Å²) < 4.78 is 26.6. The average Bonchev–Trinajstić information content (AvgIpc) is 3.27. The van der Waals surface area contributed by atoms with E-state index in [0.29, 0.717) is 22.4 Å². The second-order valence-corrected chi connectivity index (χ2v) is 9.41. The van der Waals surface area contributed by atoms with Crippen LogP contribution in [0, 0.1) is 0 Å². The normalized spacial score (nSPS) is 12.6. The average molecular weight is 463 g/mol. The van der Waals surface area contributed by atoms with Gasteiger partial charge in [-0.15, -0.1) is 15.7 Å². The fourth-order valence-electron chi connectivity index (χ4n) is 2.54. The largest absolute Gasteiger partial charge is 0.475 e. The van der Waals surface area contributed by atoms with Gasteiger partial charge in [-0.2, -0.15) is 4.98 Å². The molecule has 0 aliphatic rings. The quantitative estimate of drug-likeness (QED) is 0.516.